The van der Waals surface area contributed by atoms with E-state index in [0.717, 1.165) is 31.7 Å². The predicted octanol–water partition coefficient (Wildman–Crippen LogP) is 4.10. The second-order valence-corrected chi connectivity index (χ2v) is 7.63. The van der Waals surface area contributed by atoms with Crippen LogP contribution >= 0.6 is 0 Å². The number of nitrogens with zero attached hydrogens (tertiary/aromatic N) is 1. The Hall–Kier alpha value is -2.49. The first kappa shape index (κ1) is 19.3. The monoisotopic (exact) mass is 366 g/mol. The maximum absolute atomic E-state index is 12.6. The maximum atomic E-state index is 12.6. The van der Waals surface area contributed by atoms with Crippen molar-refractivity contribution in [3.8, 4) is 5.75 Å². The van der Waals surface area contributed by atoms with E-state index in [0.29, 0.717) is 6.61 Å². The van der Waals surface area contributed by atoms with Gasteiger partial charge in [0.05, 0.1) is 6.04 Å². The van der Waals surface area contributed by atoms with E-state index in [1.165, 1.54) is 16.8 Å². The van der Waals surface area contributed by atoms with Gasteiger partial charge in [0.15, 0.2) is 0 Å². The number of aryl methyl sites for hydroxylation is 2. The Morgan fingerprint density at radius 2 is 1.59 bits per heavy atom. The van der Waals surface area contributed by atoms with Crippen LogP contribution in [0.15, 0.2) is 48.5 Å². The van der Waals surface area contributed by atoms with Crippen molar-refractivity contribution < 1.29 is 9.53 Å². The molecule has 4 nitrogen and oxygen atoms in total. The third kappa shape index (κ3) is 5.49. The largest absolute Gasteiger partial charge is 0.491 e. The van der Waals surface area contributed by atoms with E-state index in [9.17, 15) is 4.79 Å². The number of ether oxygens (including phenoxy) is 1. The molecular formula is C23H30N2O2. The molecule has 1 N–H and O–H groups in total. The average Bonchev–Trinajstić information content (AvgIpc) is 2.68. The quantitative estimate of drug-likeness (QED) is 0.837. The summed E-state index contributed by atoms with van der Waals surface area (Å²) in [6.07, 6.45) is 1.79. The van der Waals surface area contributed by atoms with Crippen LogP contribution in [0.2, 0.25) is 0 Å². The molecule has 27 heavy (non-hydrogen) atoms. The first-order valence-corrected chi connectivity index (χ1v) is 9.83. The zero-order valence-electron chi connectivity index (χ0n) is 16.6. The van der Waals surface area contributed by atoms with Gasteiger partial charge in [0.1, 0.15) is 12.4 Å². The molecule has 0 radical (unpaired) electrons. The molecule has 0 unspecified atom stereocenters. The van der Waals surface area contributed by atoms with Gasteiger partial charge in [-0.25, -0.2) is 0 Å². The molecule has 2 aromatic carbocycles. The highest BCUT2D eigenvalue weighted by Crippen LogP contribution is 2.24. The van der Waals surface area contributed by atoms with Gasteiger partial charge in [0.2, 0.25) is 5.91 Å². The van der Waals surface area contributed by atoms with Crippen molar-refractivity contribution in [3.05, 3.63) is 59.7 Å². The molecule has 2 aromatic rings. The van der Waals surface area contributed by atoms with Gasteiger partial charge >= 0.3 is 0 Å². The van der Waals surface area contributed by atoms with Gasteiger partial charge in [0, 0.05) is 24.7 Å². The molecule has 3 rings (SSSR count). The number of amides is 1. The number of nitrogens with one attached hydrogen (secondary N) is 1. The first-order valence-electron chi connectivity index (χ1n) is 9.83. The molecule has 1 amide bonds. The smallest absolute Gasteiger partial charge is 0.223 e. The molecule has 1 saturated heterocycles. The summed E-state index contributed by atoms with van der Waals surface area (Å²) in [5.74, 6) is 1.08. The summed E-state index contributed by atoms with van der Waals surface area (Å²) >= 11 is 0. The molecule has 1 aliphatic rings. The van der Waals surface area contributed by atoms with Crippen molar-refractivity contribution in [1.29, 1.82) is 0 Å². The lowest BCUT2D eigenvalue weighted by Crippen LogP contribution is -2.44. The number of carbonyl (C=O) groups is 1. The minimum Gasteiger partial charge on any atom is -0.491 e. The summed E-state index contributed by atoms with van der Waals surface area (Å²) in [6, 6.07) is 16.6. The van der Waals surface area contributed by atoms with E-state index in [4.69, 9.17) is 4.74 Å². The average molecular weight is 367 g/mol. The third-order valence-corrected chi connectivity index (χ3v) is 5.17. The minimum atomic E-state index is -0.00562. The van der Waals surface area contributed by atoms with Gasteiger partial charge in [-0.15, -0.1) is 0 Å². The Bertz CT molecular complexity index is 732. The Morgan fingerprint density at radius 1 is 1.04 bits per heavy atom. The molecule has 0 aliphatic carbocycles. The number of hydrogen-bond acceptors (Lipinski definition) is 3. The molecule has 1 fully saturated rings. The Labute approximate surface area is 162 Å². The Kier molecular flexibility index (Phi) is 6.38. The molecule has 4 heteroatoms. The maximum Gasteiger partial charge on any atom is 0.223 e. The number of hydrogen-bond donors (Lipinski definition) is 1. The highest BCUT2D eigenvalue weighted by molar-refractivity contribution is 5.79. The topological polar surface area (TPSA) is 41.6 Å². The first-order chi connectivity index (χ1) is 13.0. The molecule has 0 spiro atoms. The second kappa shape index (κ2) is 8.94. The van der Waals surface area contributed by atoms with Crippen LogP contribution in [0.5, 0.6) is 5.75 Å². The van der Waals surface area contributed by atoms with E-state index in [1.807, 2.05) is 31.2 Å². The van der Waals surface area contributed by atoms with Crippen LogP contribution in [0, 0.1) is 19.8 Å². The zero-order chi connectivity index (χ0) is 19.2. The van der Waals surface area contributed by atoms with E-state index >= 15 is 0 Å². The summed E-state index contributed by atoms with van der Waals surface area (Å²) < 4.78 is 5.77. The molecule has 1 aliphatic heterocycles. The lowest BCUT2D eigenvalue weighted by Gasteiger charge is -2.33. The van der Waals surface area contributed by atoms with Crippen molar-refractivity contribution >= 4 is 11.6 Å². The van der Waals surface area contributed by atoms with E-state index < -0.39 is 0 Å². The van der Waals surface area contributed by atoms with Gasteiger partial charge in [-0.2, -0.15) is 0 Å². The van der Waals surface area contributed by atoms with Crippen LogP contribution in [0.1, 0.15) is 30.9 Å². The highest BCUT2D eigenvalue weighted by Gasteiger charge is 2.26. The van der Waals surface area contributed by atoms with Crippen LogP contribution in [0.25, 0.3) is 0 Å². The van der Waals surface area contributed by atoms with Crippen molar-refractivity contribution in [3.63, 3.8) is 0 Å². The second-order valence-electron chi connectivity index (χ2n) is 7.63. The number of rotatable bonds is 6. The number of piperidine rings is 1. The predicted molar refractivity (Wildman–Crippen MR) is 110 cm³/mol. The highest BCUT2D eigenvalue weighted by atomic mass is 16.5. The number of carbonyl (C=O) groups excluding carboxylic acids is 1. The summed E-state index contributed by atoms with van der Waals surface area (Å²) in [5.41, 5.74) is 3.73. The fraction of sp³-hybridized carbons (Fsp3) is 0.435. The molecule has 144 valence electrons. The van der Waals surface area contributed by atoms with Crippen molar-refractivity contribution in [2.75, 3.05) is 24.6 Å². The molecule has 0 aromatic heterocycles. The normalized spacial score (nSPS) is 16.0. The lowest BCUT2D eigenvalue weighted by atomic mass is 9.95. The van der Waals surface area contributed by atoms with Gasteiger partial charge in [-0.3, -0.25) is 4.79 Å². The van der Waals surface area contributed by atoms with Crippen LogP contribution < -0.4 is 15.0 Å². The number of benzene rings is 2. The fourth-order valence-electron chi connectivity index (χ4n) is 3.41. The van der Waals surface area contributed by atoms with E-state index in [-0.39, 0.29) is 17.9 Å². The van der Waals surface area contributed by atoms with Crippen LogP contribution in [0.3, 0.4) is 0 Å². The zero-order valence-corrected chi connectivity index (χ0v) is 16.6. The van der Waals surface area contributed by atoms with Crippen LogP contribution in [0.4, 0.5) is 5.69 Å². The van der Waals surface area contributed by atoms with Crippen LogP contribution in [-0.2, 0) is 4.79 Å². The Morgan fingerprint density at radius 3 is 2.19 bits per heavy atom. The molecular weight excluding hydrogens is 336 g/mol. The van der Waals surface area contributed by atoms with Crippen molar-refractivity contribution in [2.24, 2.45) is 5.92 Å². The lowest BCUT2D eigenvalue weighted by molar-refractivity contribution is -0.126. The molecule has 1 heterocycles. The summed E-state index contributed by atoms with van der Waals surface area (Å²) in [7, 11) is 0. The van der Waals surface area contributed by atoms with Crippen LogP contribution in [-0.4, -0.2) is 31.6 Å². The molecule has 0 saturated carbocycles. The van der Waals surface area contributed by atoms with Crippen molar-refractivity contribution in [2.45, 2.75) is 39.7 Å². The van der Waals surface area contributed by atoms with E-state index in [1.54, 1.807) is 0 Å². The molecule has 0 bridgehead atoms. The third-order valence-electron chi connectivity index (χ3n) is 5.17. The van der Waals surface area contributed by atoms with Gasteiger partial charge in [0.25, 0.3) is 0 Å². The number of anilines is 1. The summed E-state index contributed by atoms with van der Waals surface area (Å²) in [6.45, 7) is 8.48. The Balaban J connectivity index is 1.42. The summed E-state index contributed by atoms with van der Waals surface area (Å²) in [5, 5.41) is 3.11. The fourth-order valence-corrected chi connectivity index (χ4v) is 3.41. The van der Waals surface area contributed by atoms with Gasteiger partial charge in [-0.05, 0) is 57.9 Å². The SMILES string of the molecule is Cc1ccc(OC[C@@H](C)NC(=O)C2CCN(c3ccc(C)cc3)CC2)cc1. The standard InChI is InChI=1S/C23H30N2O2/c1-17-4-8-21(9-5-17)25-14-12-20(13-15-25)23(26)24-19(3)16-27-22-10-6-18(2)7-11-22/h4-11,19-20H,12-16H2,1-3H3,(H,24,26)/t19-/m1/s1. The van der Waals surface area contributed by atoms with Gasteiger partial charge in [-0.1, -0.05) is 35.4 Å². The molecule has 1 atom stereocenters. The van der Waals surface area contributed by atoms with E-state index in [2.05, 4.69) is 48.3 Å². The van der Waals surface area contributed by atoms with Gasteiger partial charge < -0.3 is 15.0 Å². The summed E-state index contributed by atoms with van der Waals surface area (Å²) in [4.78, 5) is 14.9. The van der Waals surface area contributed by atoms with Crippen molar-refractivity contribution in [1.82, 2.24) is 5.32 Å². The minimum absolute atomic E-state index is 0.00562.